The summed E-state index contributed by atoms with van der Waals surface area (Å²) < 4.78 is 28.7. The fraction of sp³-hybridized carbons (Fsp3) is 0.762. The van der Waals surface area contributed by atoms with Gasteiger partial charge >= 0.3 is 17.9 Å². The number of halogens is 1. The number of allylic oxidation sites excluding steroid dienone is 1. The average molecular weight is 540 g/mol. The van der Waals surface area contributed by atoms with Gasteiger partial charge in [-0.15, -0.1) is 0 Å². The molecule has 9 heteroatoms. The molecule has 0 unspecified atom stereocenters. The number of hydrogen-bond donors (Lipinski definition) is 0. The lowest BCUT2D eigenvalue weighted by atomic mass is 9.94. The molecule has 5 atom stereocenters. The van der Waals surface area contributed by atoms with Gasteiger partial charge in [-0.05, 0) is 48.5 Å². The van der Waals surface area contributed by atoms with E-state index in [0.717, 1.165) is 0 Å². The first-order chi connectivity index (χ1) is 13.8. The number of rotatable bonds is 6. The highest BCUT2D eigenvalue weighted by Crippen LogP contribution is 2.33. The lowest BCUT2D eigenvalue weighted by molar-refractivity contribution is -0.296. The summed E-state index contributed by atoms with van der Waals surface area (Å²) in [5.74, 6) is -1.67. The Balaban J connectivity index is 3.39. The largest absolute Gasteiger partial charge is 0.454 e. The second-order valence-electron chi connectivity index (χ2n) is 9.07. The van der Waals surface area contributed by atoms with Crippen LogP contribution in [-0.2, 0) is 38.1 Å². The van der Waals surface area contributed by atoms with Gasteiger partial charge in [0.2, 0.25) is 0 Å². The molecular formula is C21H33IO8. The van der Waals surface area contributed by atoms with Crippen LogP contribution in [0.2, 0.25) is 0 Å². The van der Waals surface area contributed by atoms with Gasteiger partial charge in [0.1, 0.15) is 6.10 Å². The van der Waals surface area contributed by atoms with Gasteiger partial charge in [0.25, 0.3) is 0 Å². The summed E-state index contributed by atoms with van der Waals surface area (Å²) in [5.41, 5.74) is -1.63. The number of ether oxygens (including phenoxy) is 5. The molecule has 1 saturated heterocycles. The van der Waals surface area contributed by atoms with E-state index in [4.69, 9.17) is 23.7 Å². The average Bonchev–Trinajstić information content (AvgIpc) is 2.62. The maximum Gasteiger partial charge on any atom is 0.330 e. The number of carbonyl (C=O) groups excluding carboxylic acids is 3. The normalized spacial score (nSPS) is 27.6. The van der Waals surface area contributed by atoms with Gasteiger partial charge in [-0.3, -0.25) is 9.59 Å². The SMILES string of the molecule is C/C=C/C(=O)O[C@H]1[C@H](OC(=O)C(C)(C)C)[C@@H](OC(=O)C(C)(C)C)[C@@H](OC)O[C@@H]1CI. The quantitative estimate of drug-likeness (QED) is 0.167. The van der Waals surface area contributed by atoms with Crippen LogP contribution < -0.4 is 0 Å². The summed E-state index contributed by atoms with van der Waals surface area (Å²) in [6.45, 7) is 11.9. The predicted octanol–water partition coefficient (Wildman–Crippen LogP) is 3.20. The van der Waals surface area contributed by atoms with Crippen molar-refractivity contribution in [1.82, 2.24) is 0 Å². The molecular weight excluding hydrogens is 507 g/mol. The molecule has 0 amide bonds. The smallest absolute Gasteiger partial charge is 0.330 e. The lowest BCUT2D eigenvalue weighted by Crippen LogP contribution is -2.63. The maximum atomic E-state index is 12.7. The minimum absolute atomic E-state index is 0.426. The van der Waals surface area contributed by atoms with Crippen molar-refractivity contribution in [2.24, 2.45) is 10.8 Å². The summed E-state index contributed by atoms with van der Waals surface area (Å²) in [4.78, 5) is 37.5. The van der Waals surface area contributed by atoms with E-state index in [1.54, 1.807) is 48.5 Å². The molecule has 1 rings (SSSR count). The zero-order valence-electron chi connectivity index (χ0n) is 18.9. The van der Waals surface area contributed by atoms with E-state index in [1.807, 2.05) is 0 Å². The zero-order valence-corrected chi connectivity index (χ0v) is 21.1. The molecule has 0 aromatic carbocycles. The van der Waals surface area contributed by atoms with Crippen LogP contribution in [0, 0.1) is 10.8 Å². The zero-order chi connectivity index (χ0) is 23.3. The van der Waals surface area contributed by atoms with Crippen LogP contribution in [0.1, 0.15) is 48.5 Å². The van der Waals surface area contributed by atoms with Crippen LogP contribution in [0.4, 0.5) is 0 Å². The highest BCUT2D eigenvalue weighted by molar-refractivity contribution is 14.1. The first-order valence-electron chi connectivity index (χ1n) is 9.76. The Morgan fingerprint density at radius 3 is 1.80 bits per heavy atom. The fourth-order valence-electron chi connectivity index (χ4n) is 2.50. The second kappa shape index (κ2) is 10.9. The van der Waals surface area contributed by atoms with E-state index in [2.05, 4.69) is 22.6 Å². The van der Waals surface area contributed by atoms with E-state index in [0.29, 0.717) is 4.43 Å². The highest BCUT2D eigenvalue weighted by Gasteiger charge is 2.53. The third kappa shape index (κ3) is 7.19. The summed E-state index contributed by atoms with van der Waals surface area (Å²) >= 11 is 2.08. The minimum atomic E-state index is -1.12. The van der Waals surface area contributed by atoms with Crippen molar-refractivity contribution in [2.75, 3.05) is 11.5 Å². The molecule has 0 bridgehead atoms. The fourth-order valence-corrected chi connectivity index (χ4v) is 3.21. The predicted molar refractivity (Wildman–Crippen MR) is 118 cm³/mol. The van der Waals surface area contributed by atoms with Gasteiger partial charge in [0.05, 0.1) is 10.8 Å². The van der Waals surface area contributed by atoms with Crippen molar-refractivity contribution in [3.8, 4) is 0 Å². The van der Waals surface area contributed by atoms with E-state index >= 15 is 0 Å². The Morgan fingerprint density at radius 2 is 1.40 bits per heavy atom. The van der Waals surface area contributed by atoms with Gasteiger partial charge in [0.15, 0.2) is 24.6 Å². The maximum absolute atomic E-state index is 12.7. The van der Waals surface area contributed by atoms with Crippen LogP contribution in [0.25, 0.3) is 0 Å². The minimum Gasteiger partial charge on any atom is -0.454 e. The summed E-state index contributed by atoms with van der Waals surface area (Å²) in [6, 6.07) is 0. The van der Waals surface area contributed by atoms with Gasteiger partial charge in [-0.2, -0.15) is 0 Å². The second-order valence-corrected chi connectivity index (χ2v) is 9.96. The Labute approximate surface area is 192 Å². The van der Waals surface area contributed by atoms with Crippen LogP contribution in [0.3, 0.4) is 0 Å². The standard InChI is InChI=1S/C21H33IO8/c1-9-10-13(23)28-14-12(11-22)27-17(26-8)16(30-19(25)21(5,6)7)15(14)29-18(24)20(2,3)4/h9-10,12,14-17H,11H2,1-8H3/b10-9+/t12-,14-,15+,16-,17+/m1/s1. The van der Waals surface area contributed by atoms with Crippen molar-refractivity contribution < 1.29 is 38.1 Å². The van der Waals surface area contributed by atoms with Crippen molar-refractivity contribution in [2.45, 2.75) is 79.2 Å². The third-order valence-corrected chi connectivity index (χ3v) is 5.11. The lowest BCUT2D eigenvalue weighted by Gasteiger charge is -2.44. The van der Waals surface area contributed by atoms with Crippen molar-refractivity contribution in [3.63, 3.8) is 0 Å². The highest BCUT2D eigenvalue weighted by atomic mass is 127. The summed E-state index contributed by atoms with van der Waals surface area (Å²) in [5, 5.41) is 0. The van der Waals surface area contributed by atoms with Crippen molar-refractivity contribution in [3.05, 3.63) is 12.2 Å². The summed E-state index contributed by atoms with van der Waals surface area (Å²) in [6.07, 6.45) is -2.04. The van der Waals surface area contributed by atoms with Crippen LogP contribution in [-0.4, -0.2) is 60.2 Å². The van der Waals surface area contributed by atoms with Gasteiger partial charge in [-0.1, -0.05) is 28.7 Å². The molecule has 1 fully saturated rings. The molecule has 0 N–H and O–H groups in total. The number of carbonyl (C=O) groups is 3. The monoisotopic (exact) mass is 540 g/mol. The Morgan fingerprint density at radius 1 is 0.900 bits per heavy atom. The number of esters is 3. The first kappa shape index (κ1) is 26.8. The molecule has 0 radical (unpaired) electrons. The van der Waals surface area contributed by atoms with E-state index in [1.165, 1.54) is 19.3 Å². The Bertz CT molecular complexity index is 646. The molecule has 0 aromatic rings. The molecule has 8 nitrogen and oxygen atoms in total. The van der Waals surface area contributed by atoms with Gasteiger partial charge in [-0.25, -0.2) is 4.79 Å². The Kier molecular flexibility index (Phi) is 9.75. The molecule has 0 spiro atoms. The Hall–Kier alpha value is -1.20. The van der Waals surface area contributed by atoms with Gasteiger partial charge < -0.3 is 23.7 Å². The van der Waals surface area contributed by atoms with Crippen molar-refractivity contribution >= 4 is 40.5 Å². The van der Waals surface area contributed by atoms with E-state index in [-0.39, 0.29) is 0 Å². The van der Waals surface area contributed by atoms with E-state index < -0.39 is 59.4 Å². The molecule has 1 aliphatic heterocycles. The van der Waals surface area contributed by atoms with Crippen LogP contribution in [0.5, 0.6) is 0 Å². The van der Waals surface area contributed by atoms with Crippen LogP contribution >= 0.6 is 22.6 Å². The third-order valence-electron chi connectivity index (χ3n) is 4.24. The van der Waals surface area contributed by atoms with Gasteiger partial charge in [0, 0.05) is 17.6 Å². The molecule has 0 aliphatic carbocycles. The molecule has 1 heterocycles. The topological polar surface area (TPSA) is 97.4 Å². The number of alkyl halides is 1. The molecule has 0 saturated carbocycles. The number of methoxy groups -OCH3 is 1. The van der Waals surface area contributed by atoms with Crippen LogP contribution in [0.15, 0.2) is 12.2 Å². The molecule has 1 aliphatic rings. The number of hydrogen-bond acceptors (Lipinski definition) is 8. The molecule has 0 aromatic heterocycles. The first-order valence-corrected chi connectivity index (χ1v) is 11.3. The molecule has 172 valence electrons. The molecule has 30 heavy (non-hydrogen) atoms. The van der Waals surface area contributed by atoms with Crippen molar-refractivity contribution in [1.29, 1.82) is 0 Å². The van der Waals surface area contributed by atoms with E-state index in [9.17, 15) is 14.4 Å². The summed E-state index contributed by atoms with van der Waals surface area (Å²) in [7, 11) is 1.40.